The number of hydrogen-bond donors (Lipinski definition) is 2. The Labute approximate surface area is 124 Å². The zero-order valence-corrected chi connectivity index (χ0v) is 11.9. The third-order valence-corrected chi connectivity index (χ3v) is 4.13. The summed E-state index contributed by atoms with van der Waals surface area (Å²) in [7, 11) is 0. The molecular formula is C16H20N2O3. The van der Waals surface area contributed by atoms with Crippen LogP contribution in [0.15, 0.2) is 29.4 Å². The summed E-state index contributed by atoms with van der Waals surface area (Å²) in [6, 6.07) is 7.23. The van der Waals surface area contributed by atoms with Crippen LogP contribution in [0.5, 0.6) is 5.75 Å². The Morgan fingerprint density at radius 2 is 2.00 bits per heavy atom. The number of benzene rings is 1. The molecule has 5 nitrogen and oxygen atoms in total. The first kappa shape index (κ1) is 13.9. The number of hydrogen-bond acceptors (Lipinski definition) is 4. The van der Waals surface area contributed by atoms with Crippen LogP contribution in [0.25, 0.3) is 0 Å². The fourth-order valence-electron chi connectivity index (χ4n) is 2.94. The third kappa shape index (κ3) is 3.17. The highest BCUT2D eigenvalue weighted by Gasteiger charge is 2.31. The molecule has 0 aromatic heterocycles. The van der Waals surface area contributed by atoms with Crippen molar-refractivity contribution in [3.8, 4) is 5.75 Å². The second-order valence-corrected chi connectivity index (χ2v) is 5.70. The molecule has 0 saturated heterocycles. The normalized spacial score (nSPS) is 22.5. The second-order valence-electron chi connectivity index (χ2n) is 5.70. The van der Waals surface area contributed by atoms with Gasteiger partial charge in [0.15, 0.2) is 0 Å². The van der Waals surface area contributed by atoms with Crippen LogP contribution in [-0.4, -0.2) is 28.9 Å². The largest absolute Gasteiger partial charge is 0.507 e. The van der Waals surface area contributed by atoms with Crippen LogP contribution in [0.2, 0.25) is 0 Å². The molecule has 5 heteroatoms. The molecule has 112 valence electrons. The summed E-state index contributed by atoms with van der Waals surface area (Å²) >= 11 is 0. The highest BCUT2D eigenvalue weighted by molar-refractivity contribution is 6.05. The molecule has 2 aliphatic rings. The van der Waals surface area contributed by atoms with Crippen LogP contribution < -0.4 is 5.32 Å². The Morgan fingerprint density at radius 3 is 2.76 bits per heavy atom. The molecule has 0 unspecified atom stereocenters. The molecule has 1 amide bonds. The highest BCUT2D eigenvalue weighted by Crippen LogP contribution is 2.24. The number of phenolic OH excluding ortho intramolecular Hbond substituents is 1. The van der Waals surface area contributed by atoms with Gasteiger partial charge in [0.05, 0.1) is 5.71 Å². The van der Waals surface area contributed by atoms with Crippen LogP contribution >= 0.6 is 0 Å². The fraction of sp³-hybridized carbons (Fsp3) is 0.500. The molecule has 0 spiro atoms. The molecular weight excluding hydrogens is 268 g/mol. The minimum absolute atomic E-state index is 0.101. The first-order valence-corrected chi connectivity index (χ1v) is 7.55. The van der Waals surface area contributed by atoms with Crippen molar-refractivity contribution < 1.29 is 14.7 Å². The molecule has 1 aromatic rings. The average molecular weight is 288 g/mol. The minimum Gasteiger partial charge on any atom is -0.507 e. The molecule has 1 aromatic carbocycles. The lowest BCUT2D eigenvalue weighted by molar-refractivity contribution is -0.132. The van der Waals surface area contributed by atoms with Crippen molar-refractivity contribution in [1.82, 2.24) is 5.32 Å². The molecule has 0 radical (unpaired) electrons. The van der Waals surface area contributed by atoms with Crippen molar-refractivity contribution in [1.29, 1.82) is 0 Å². The zero-order chi connectivity index (χ0) is 14.7. The molecule has 1 atom stereocenters. The number of carbonyl (C=O) groups excluding carboxylic acids is 1. The van der Waals surface area contributed by atoms with Gasteiger partial charge in [0, 0.05) is 18.0 Å². The van der Waals surface area contributed by atoms with Gasteiger partial charge in [-0.1, -0.05) is 36.6 Å². The van der Waals surface area contributed by atoms with Gasteiger partial charge < -0.3 is 15.3 Å². The van der Waals surface area contributed by atoms with Crippen molar-refractivity contribution in [2.45, 2.75) is 50.7 Å². The van der Waals surface area contributed by atoms with Crippen LogP contribution in [0.1, 0.15) is 44.1 Å². The number of oxime groups is 1. The second kappa shape index (κ2) is 6.16. The van der Waals surface area contributed by atoms with Crippen LogP contribution in [0, 0.1) is 0 Å². The van der Waals surface area contributed by atoms with Gasteiger partial charge >= 0.3 is 0 Å². The molecule has 0 bridgehead atoms. The van der Waals surface area contributed by atoms with E-state index in [9.17, 15) is 9.90 Å². The maximum absolute atomic E-state index is 12.2. The van der Waals surface area contributed by atoms with Crippen molar-refractivity contribution >= 4 is 11.6 Å². The quantitative estimate of drug-likeness (QED) is 0.896. The number of carbonyl (C=O) groups is 1. The number of aromatic hydroxyl groups is 1. The van der Waals surface area contributed by atoms with Gasteiger partial charge in [0.2, 0.25) is 6.10 Å². The van der Waals surface area contributed by atoms with E-state index in [4.69, 9.17) is 4.84 Å². The average Bonchev–Trinajstić information content (AvgIpc) is 2.98. The van der Waals surface area contributed by atoms with E-state index in [1.54, 1.807) is 18.2 Å². The summed E-state index contributed by atoms with van der Waals surface area (Å²) in [5, 5.41) is 16.8. The number of rotatable bonds is 3. The summed E-state index contributed by atoms with van der Waals surface area (Å²) < 4.78 is 0. The van der Waals surface area contributed by atoms with E-state index in [2.05, 4.69) is 10.5 Å². The number of para-hydroxylation sites is 1. The monoisotopic (exact) mass is 288 g/mol. The van der Waals surface area contributed by atoms with Crippen molar-refractivity contribution in [2.24, 2.45) is 5.16 Å². The topological polar surface area (TPSA) is 70.9 Å². The van der Waals surface area contributed by atoms with Crippen molar-refractivity contribution in [3.63, 3.8) is 0 Å². The minimum atomic E-state index is -0.582. The molecule has 21 heavy (non-hydrogen) atoms. The summed E-state index contributed by atoms with van der Waals surface area (Å²) in [4.78, 5) is 17.4. The van der Waals surface area contributed by atoms with E-state index in [1.165, 1.54) is 19.3 Å². The number of nitrogens with one attached hydrogen (secondary N) is 1. The summed E-state index contributed by atoms with van der Waals surface area (Å²) in [6.45, 7) is 0. The van der Waals surface area contributed by atoms with E-state index in [-0.39, 0.29) is 17.7 Å². The first-order chi connectivity index (χ1) is 10.2. The molecule has 1 heterocycles. The van der Waals surface area contributed by atoms with Gasteiger partial charge in [-0.05, 0) is 25.0 Å². The maximum Gasteiger partial charge on any atom is 0.264 e. The first-order valence-electron chi connectivity index (χ1n) is 7.55. The molecule has 2 N–H and O–H groups in total. The highest BCUT2D eigenvalue weighted by atomic mass is 16.6. The standard InChI is InChI=1S/C16H20N2O3/c19-14-9-5-4-8-12(14)13-10-15(21-18-13)16(20)17-11-6-2-1-3-7-11/h4-5,8-9,11,15,19H,1-3,6-7,10H2,(H,17,20)/t15-/m0/s1. The van der Waals surface area contributed by atoms with E-state index in [0.29, 0.717) is 17.7 Å². The lowest BCUT2D eigenvalue weighted by Gasteiger charge is -2.23. The number of amides is 1. The summed E-state index contributed by atoms with van der Waals surface area (Å²) in [5.41, 5.74) is 1.25. The Bertz CT molecular complexity index is 550. The van der Waals surface area contributed by atoms with Gasteiger partial charge in [-0.3, -0.25) is 4.79 Å². The van der Waals surface area contributed by atoms with E-state index >= 15 is 0 Å². The number of nitrogens with zero attached hydrogens (tertiary/aromatic N) is 1. The van der Waals surface area contributed by atoms with Crippen molar-refractivity contribution in [2.75, 3.05) is 0 Å². The van der Waals surface area contributed by atoms with Gasteiger partial charge in [0.25, 0.3) is 5.91 Å². The van der Waals surface area contributed by atoms with Gasteiger partial charge in [-0.2, -0.15) is 0 Å². The molecule has 1 aliphatic heterocycles. The Balaban J connectivity index is 1.58. The Hall–Kier alpha value is -2.04. The lowest BCUT2D eigenvalue weighted by Crippen LogP contribution is -2.42. The summed E-state index contributed by atoms with van der Waals surface area (Å²) in [6.07, 6.45) is 5.52. The summed E-state index contributed by atoms with van der Waals surface area (Å²) in [5.74, 6) is 0.0595. The van der Waals surface area contributed by atoms with Crippen LogP contribution in [0.3, 0.4) is 0 Å². The smallest absolute Gasteiger partial charge is 0.264 e. The van der Waals surface area contributed by atoms with Gasteiger partial charge in [0.1, 0.15) is 5.75 Å². The SMILES string of the molecule is O=C(NC1CCCCC1)[C@@H]1CC(c2ccccc2O)=NO1. The Morgan fingerprint density at radius 1 is 1.24 bits per heavy atom. The molecule has 1 saturated carbocycles. The van der Waals surface area contributed by atoms with Crippen LogP contribution in [0.4, 0.5) is 0 Å². The van der Waals surface area contributed by atoms with Gasteiger partial charge in [-0.15, -0.1) is 0 Å². The third-order valence-electron chi connectivity index (χ3n) is 4.13. The van der Waals surface area contributed by atoms with E-state index in [0.717, 1.165) is 12.8 Å². The maximum atomic E-state index is 12.2. The lowest BCUT2D eigenvalue weighted by atomic mass is 9.95. The zero-order valence-electron chi connectivity index (χ0n) is 11.9. The Kier molecular flexibility index (Phi) is 4.08. The van der Waals surface area contributed by atoms with Crippen molar-refractivity contribution in [3.05, 3.63) is 29.8 Å². The molecule has 3 rings (SSSR count). The number of phenols is 1. The fourth-order valence-corrected chi connectivity index (χ4v) is 2.94. The predicted molar refractivity (Wildman–Crippen MR) is 79.1 cm³/mol. The van der Waals surface area contributed by atoms with Gasteiger partial charge in [-0.25, -0.2) is 0 Å². The predicted octanol–water partition coefficient (Wildman–Crippen LogP) is 2.33. The van der Waals surface area contributed by atoms with E-state index in [1.807, 2.05) is 6.07 Å². The van der Waals surface area contributed by atoms with Crippen LogP contribution in [-0.2, 0) is 9.63 Å². The van der Waals surface area contributed by atoms with E-state index < -0.39 is 6.10 Å². The molecule has 1 fully saturated rings. The molecule has 1 aliphatic carbocycles.